The van der Waals surface area contributed by atoms with Gasteiger partial charge in [0, 0.05) is 0 Å². The zero-order valence-electron chi connectivity index (χ0n) is 18.1. The number of halogens is 2. The third-order valence-corrected chi connectivity index (χ3v) is 4.82. The van der Waals surface area contributed by atoms with Crippen molar-refractivity contribution in [3.8, 4) is 0 Å². The predicted molar refractivity (Wildman–Crippen MR) is 123 cm³/mol. The zero-order chi connectivity index (χ0) is 23.3. The van der Waals surface area contributed by atoms with Crippen molar-refractivity contribution in [2.45, 2.75) is 26.2 Å². The molecule has 0 spiro atoms. The van der Waals surface area contributed by atoms with E-state index in [4.69, 9.17) is 0 Å². The van der Waals surface area contributed by atoms with Crippen LogP contribution in [0.15, 0.2) is 78.4 Å². The number of anilines is 2. The van der Waals surface area contributed by atoms with Crippen LogP contribution in [0.5, 0.6) is 0 Å². The largest absolute Gasteiger partial charge is 0.319 e. The minimum absolute atomic E-state index is 0.0600. The van der Waals surface area contributed by atoms with Gasteiger partial charge in [0.05, 0.1) is 11.4 Å². The van der Waals surface area contributed by atoms with Crippen LogP contribution in [0.25, 0.3) is 6.08 Å². The maximum absolute atomic E-state index is 14.0. The molecule has 0 aliphatic heterocycles. The summed E-state index contributed by atoms with van der Waals surface area (Å²) >= 11 is 0. The molecule has 0 atom stereocenters. The zero-order valence-corrected chi connectivity index (χ0v) is 18.1. The summed E-state index contributed by atoms with van der Waals surface area (Å²) in [4.78, 5) is 25.8. The summed E-state index contributed by atoms with van der Waals surface area (Å²) in [6.45, 7) is 6.23. The van der Waals surface area contributed by atoms with Crippen LogP contribution in [0.1, 0.15) is 31.9 Å². The van der Waals surface area contributed by atoms with Crippen molar-refractivity contribution in [2.75, 3.05) is 10.6 Å². The van der Waals surface area contributed by atoms with Gasteiger partial charge in [0.15, 0.2) is 0 Å². The number of hydrogen-bond donors (Lipinski definition) is 2. The van der Waals surface area contributed by atoms with Crippen LogP contribution in [-0.2, 0) is 15.0 Å². The van der Waals surface area contributed by atoms with Gasteiger partial charge in [-0.1, -0.05) is 69.3 Å². The fourth-order valence-electron chi connectivity index (χ4n) is 2.98. The van der Waals surface area contributed by atoms with E-state index >= 15 is 0 Å². The molecule has 0 heterocycles. The van der Waals surface area contributed by atoms with Gasteiger partial charge in [0.1, 0.15) is 17.2 Å². The highest BCUT2D eigenvalue weighted by atomic mass is 19.1. The molecule has 2 amide bonds. The summed E-state index contributed by atoms with van der Waals surface area (Å²) in [5.41, 5.74) is 1.20. The van der Waals surface area contributed by atoms with Crippen LogP contribution >= 0.6 is 0 Å². The molecule has 0 aliphatic rings. The second-order valence-corrected chi connectivity index (χ2v) is 8.30. The maximum Gasteiger partial charge on any atom is 0.261 e. The molecule has 0 bridgehead atoms. The first-order valence-corrected chi connectivity index (χ1v) is 10.1. The van der Waals surface area contributed by atoms with E-state index in [1.165, 1.54) is 42.5 Å². The highest BCUT2D eigenvalue weighted by Gasteiger charge is 2.21. The number of benzene rings is 3. The molecule has 3 aromatic rings. The normalized spacial score (nSPS) is 10.9. The van der Waals surface area contributed by atoms with Gasteiger partial charge in [-0.25, -0.2) is 8.78 Å². The Morgan fingerprint density at radius 2 is 1.16 bits per heavy atom. The second-order valence-electron chi connectivity index (χ2n) is 8.30. The number of rotatable bonds is 5. The average molecular weight is 434 g/mol. The molecular formula is C26H24F2N2O2. The van der Waals surface area contributed by atoms with E-state index in [1.807, 2.05) is 12.1 Å². The summed E-state index contributed by atoms with van der Waals surface area (Å²) in [5.74, 6) is -2.90. The van der Waals surface area contributed by atoms with Crippen molar-refractivity contribution in [2.24, 2.45) is 0 Å². The molecule has 164 valence electrons. The lowest BCUT2D eigenvalue weighted by atomic mass is 9.86. The third kappa shape index (κ3) is 5.66. The van der Waals surface area contributed by atoms with Gasteiger partial charge >= 0.3 is 0 Å². The lowest BCUT2D eigenvalue weighted by molar-refractivity contribution is -0.118. The molecule has 3 aromatic carbocycles. The van der Waals surface area contributed by atoms with Gasteiger partial charge in [0.2, 0.25) is 0 Å². The highest BCUT2D eigenvalue weighted by Crippen LogP contribution is 2.23. The van der Waals surface area contributed by atoms with E-state index in [0.717, 1.165) is 5.56 Å². The molecule has 0 aromatic heterocycles. The molecule has 3 rings (SSSR count). The molecule has 0 radical (unpaired) electrons. The van der Waals surface area contributed by atoms with Crippen LogP contribution in [0.3, 0.4) is 0 Å². The first-order valence-electron chi connectivity index (χ1n) is 10.1. The van der Waals surface area contributed by atoms with Crippen molar-refractivity contribution in [3.63, 3.8) is 0 Å². The van der Waals surface area contributed by atoms with Gasteiger partial charge < -0.3 is 10.6 Å². The smallest absolute Gasteiger partial charge is 0.261 e. The topological polar surface area (TPSA) is 58.2 Å². The average Bonchev–Trinajstić information content (AvgIpc) is 2.75. The van der Waals surface area contributed by atoms with Crippen LogP contribution in [0.4, 0.5) is 20.2 Å². The van der Waals surface area contributed by atoms with Gasteiger partial charge in [-0.15, -0.1) is 0 Å². The minimum Gasteiger partial charge on any atom is -0.319 e. The third-order valence-electron chi connectivity index (χ3n) is 4.82. The Hall–Kier alpha value is -3.80. The summed E-state index contributed by atoms with van der Waals surface area (Å²) in [6, 6.07) is 18.7. The van der Waals surface area contributed by atoms with E-state index < -0.39 is 23.4 Å². The number of nitrogens with one attached hydrogen (secondary N) is 2. The Bertz CT molecular complexity index is 1100. The Kier molecular flexibility index (Phi) is 6.83. The highest BCUT2D eigenvalue weighted by molar-refractivity contribution is 6.28. The van der Waals surface area contributed by atoms with E-state index in [2.05, 4.69) is 31.4 Å². The molecule has 0 saturated heterocycles. The summed E-state index contributed by atoms with van der Waals surface area (Å²) in [6.07, 6.45) is 1.39. The Morgan fingerprint density at radius 1 is 0.719 bits per heavy atom. The minimum atomic E-state index is -0.816. The number of amides is 2. The van der Waals surface area contributed by atoms with Crippen LogP contribution in [0.2, 0.25) is 0 Å². The summed E-state index contributed by atoms with van der Waals surface area (Å²) in [7, 11) is 0. The van der Waals surface area contributed by atoms with Gasteiger partial charge in [0.25, 0.3) is 11.8 Å². The van der Waals surface area contributed by atoms with Crippen molar-refractivity contribution in [1.82, 2.24) is 0 Å². The molecular weight excluding hydrogens is 410 g/mol. The van der Waals surface area contributed by atoms with Crippen molar-refractivity contribution >= 4 is 29.3 Å². The standard InChI is InChI=1S/C26H24F2N2O2/c1-26(2,3)18-14-12-17(13-15-18)16-19(24(31)29-22-10-6-4-8-20(22)27)25(32)30-23-11-7-5-9-21(23)28/h4-16H,1-3H3,(H,29,31)(H,30,32). The molecule has 4 nitrogen and oxygen atoms in total. The van der Waals surface area contributed by atoms with E-state index in [-0.39, 0.29) is 22.4 Å². The SMILES string of the molecule is CC(C)(C)c1ccc(C=C(C(=O)Nc2ccccc2F)C(=O)Nc2ccccc2F)cc1. The molecule has 2 N–H and O–H groups in total. The number of hydrogen-bond acceptors (Lipinski definition) is 2. The van der Waals surface area contributed by atoms with E-state index in [0.29, 0.717) is 5.56 Å². The second kappa shape index (κ2) is 9.56. The van der Waals surface area contributed by atoms with Crippen molar-refractivity contribution in [3.05, 3.63) is 101 Å². The molecule has 0 fully saturated rings. The summed E-state index contributed by atoms with van der Waals surface area (Å²) in [5, 5.41) is 4.82. The fraction of sp³-hybridized carbons (Fsp3) is 0.154. The van der Waals surface area contributed by atoms with Crippen LogP contribution < -0.4 is 10.6 Å². The van der Waals surface area contributed by atoms with Crippen LogP contribution in [0, 0.1) is 11.6 Å². The van der Waals surface area contributed by atoms with Gasteiger partial charge in [-0.05, 0) is 46.9 Å². The van der Waals surface area contributed by atoms with Gasteiger partial charge in [-0.2, -0.15) is 0 Å². The Morgan fingerprint density at radius 3 is 1.56 bits per heavy atom. The number of carbonyl (C=O) groups excluding carboxylic acids is 2. The fourth-order valence-corrected chi connectivity index (χ4v) is 2.98. The molecule has 0 unspecified atom stereocenters. The summed E-state index contributed by atoms with van der Waals surface area (Å²) < 4.78 is 28.0. The Labute approximate surface area is 186 Å². The van der Waals surface area contributed by atoms with Crippen molar-refractivity contribution < 1.29 is 18.4 Å². The number of carbonyl (C=O) groups is 2. The first-order chi connectivity index (χ1) is 15.1. The number of para-hydroxylation sites is 2. The molecule has 0 saturated carbocycles. The first kappa shape index (κ1) is 22.9. The molecule has 6 heteroatoms. The van der Waals surface area contributed by atoms with Crippen molar-refractivity contribution in [1.29, 1.82) is 0 Å². The lowest BCUT2D eigenvalue weighted by Gasteiger charge is -2.19. The quantitative estimate of drug-likeness (QED) is 0.297. The van der Waals surface area contributed by atoms with Gasteiger partial charge in [-0.3, -0.25) is 9.59 Å². The monoisotopic (exact) mass is 434 g/mol. The van der Waals surface area contributed by atoms with E-state index in [9.17, 15) is 18.4 Å². The van der Waals surface area contributed by atoms with Crippen LogP contribution in [-0.4, -0.2) is 11.8 Å². The molecule has 32 heavy (non-hydrogen) atoms. The Balaban J connectivity index is 1.95. The van der Waals surface area contributed by atoms with E-state index in [1.54, 1.807) is 24.3 Å². The lowest BCUT2D eigenvalue weighted by Crippen LogP contribution is -2.26. The maximum atomic E-state index is 14.0. The predicted octanol–water partition coefficient (Wildman–Crippen LogP) is 5.92. The molecule has 0 aliphatic carbocycles.